The zero-order valence-electron chi connectivity index (χ0n) is 19.8. The van der Waals surface area contributed by atoms with Crippen molar-refractivity contribution in [2.24, 2.45) is 0 Å². The van der Waals surface area contributed by atoms with E-state index in [0.717, 1.165) is 74.3 Å². The number of aromatic nitrogens is 5. The Morgan fingerprint density at radius 2 is 2.09 bits per heavy atom. The van der Waals surface area contributed by atoms with Gasteiger partial charge < -0.3 is 14.8 Å². The van der Waals surface area contributed by atoms with E-state index >= 15 is 0 Å². The molecule has 178 valence electrons. The molecule has 0 atom stereocenters. The lowest BCUT2D eigenvalue weighted by molar-refractivity contribution is -0.0144. The molecule has 2 aliphatic rings. The normalized spacial score (nSPS) is 23.0. The van der Waals surface area contributed by atoms with Crippen LogP contribution in [0.25, 0.3) is 22.3 Å². The molecule has 0 radical (unpaired) electrons. The highest BCUT2D eigenvalue weighted by molar-refractivity contribution is 5.90. The Kier molecular flexibility index (Phi) is 5.96. The lowest BCUT2D eigenvalue weighted by Gasteiger charge is -2.52. The fraction of sp³-hybridized carbons (Fsp3) is 0.542. The van der Waals surface area contributed by atoms with E-state index in [-0.39, 0.29) is 11.6 Å². The van der Waals surface area contributed by atoms with Crippen LogP contribution in [0.4, 0.5) is 4.79 Å². The number of nitriles is 1. The molecule has 0 aromatic carbocycles. The van der Waals surface area contributed by atoms with Crippen LogP contribution in [0, 0.1) is 11.3 Å². The van der Waals surface area contributed by atoms with Gasteiger partial charge in [0.05, 0.1) is 29.9 Å². The molecule has 1 aliphatic heterocycles. The van der Waals surface area contributed by atoms with E-state index in [1.807, 2.05) is 46.2 Å². The molecule has 2 fully saturated rings. The molecule has 34 heavy (non-hydrogen) atoms. The van der Waals surface area contributed by atoms with Crippen LogP contribution in [0.3, 0.4) is 0 Å². The number of fused-ring (bicyclic) bond motifs is 1. The first-order valence-electron chi connectivity index (χ1n) is 12.0. The van der Waals surface area contributed by atoms with Crippen molar-refractivity contribution < 1.29 is 4.79 Å². The van der Waals surface area contributed by atoms with Crippen molar-refractivity contribution >= 4 is 17.1 Å². The minimum absolute atomic E-state index is 0.124. The molecule has 1 aliphatic carbocycles. The van der Waals surface area contributed by atoms with Crippen molar-refractivity contribution in [2.45, 2.75) is 44.2 Å². The van der Waals surface area contributed by atoms with Crippen molar-refractivity contribution in [1.82, 2.24) is 39.4 Å². The quantitative estimate of drug-likeness (QED) is 0.604. The predicted octanol–water partition coefficient (Wildman–Crippen LogP) is 2.67. The second-order valence-electron chi connectivity index (χ2n) is 9.48. The predicted molar refractivity (Wildman–Crippen MR) is 128 cm³/mol. The van der Waals surface area contributed by atoms with Gasteiger partial charge in [0.2, 0.25) is 0 Å². The van der Waals surface area contributed by atoms with E-state index in [4.69, 9.17) is 0 Å². The van der Waals surface area contributed by atoms with Gasteiger partial charge in [-0.05, 0) is 25.3 Å². The number of rotatable bonds is 6. The highest BCUT2D eigenvalue weighted by Gasteiger charge is 2.49. The number of amides is 2. The zero-order valence-corrected chi connectivity index (χ0v) is 19.8. The molecule has 1 saturated heterocycles. The Hall–Kier alpha value is -3.45. The Labute approximate surface area is 199 Å². The summed E-state index contributed by atoms with van der Waals surface area (Å²) in [7, 11) is 1.88. The molecule has 0 unspecified atom stereocenters. The van der Waals surface area contributed by atoms with Crippen molar-refractivity contribution in [3.05, 3.63) is 31.0 Å². The molecule has 3 aromatic heterocycles. The van der Waals surface area contributed by atoms with Gasteiger partial charge in [0.1, 0.15) is 12.0 Å². The summed E-state index contributed by atoms with van der Waals surface area (Å²) in [5.74, 6) is 0. The van der Waals surface area contributed by atoms with Gasteiger partial charge in [-0.25, -0.2) is 14.8 Å². The number of hydrogen-bond acceptors (Lipinski definition) is 6. The van der Waals surface area contributed by atoms with Crippen LogP contribution >= 0.6 is 0 Å². The summed E-state index contributed by atoms with van der Waals surface area (Å²) < 4.78 is 1.97. The van der Waals surface area contributed by atoms with E-state index < -0.39 is 0 Å². The molecule has 10 nitrogen and oxygen atoms in total. The molecule has 0 bridgehead atoms. The number of hydrogen-bond donors (Lipinski definition) is 1. The van der Waals surface area contributed by atoms with Gasteiger partial charge in [-0.3, -0.25) is 9.58 Å². The van der Waals surface area contributed by atoms with Gasteiger partial charge in [-0.15, -0.1) is 0 Å². The van der Waals surface area contributed by atoms with Crippen molar-refractivity contribution in [3.63, 3.8) is 0 Å². The van der Waals surface area contributed by atoms with E-state index in [0.29, 0.717) is 12.5 Å². The number of H-pyrrole nitrogens is 1. The van der Waals surface area contributed by atoms with Crippen LogP contribution in [0.1, 0.15) is 32.6 Å². The van der Waals surface area contributed by atoms with Crippen LogP contribution in [0.2, 0.25) is 0 Å². The Bertz CT molecular complexity index is 1190. The molecular formula is C24H31N9O. The first kappa shape index (κ1) is 22.3. The van der Waals surface area contributed by atoms with Crippen LogP contribution in [0.5, 0.6) is 0 Å². The van der Waals surface area contributed by atoms with E-state index in [9.17, 15) is 10.1 Å². The number of aromatic amines is 1. The lowest BCUT2D eigenvalue weighted by Crippen LogP contribution is -2.61. The standard InChI is InChI=1S/C24H31N9O/c1-3-8-30(2)23(34)32-11-9-31(10-12-32)19-13-24(14-19,5-6-25)33-16-18(15-29-33)21-20-4-7-26-22(20)28-17-27-21/h4,7,15-17,19H,3,5,8-14H2,1-2H3,(H,26,27,28)/t19-,24-. The topological polar surface area (TPSA) is 110 Å². The molecule has 10 heteroatoms. The number of urea groups is 1. The van der Waals surface area contributed by atoms with E-state index in [2.05, 4.69) is 37.9 Å². The SMILES string of the molecule is CCCN(C)C(=O)N1CCN([C@H]2C[C@](CC#N)(n3cc(-c4ncnc5[nH]ccc45)cn3)C2)CC1. The number of carbonyl (C=O) groups is 1. The Balaban J connectivity index is 1.25. The summed E-state index contributed by atoms with van der Waals surface area (Å²) in [6.45, 7) is 6.12. The fourth-order valence-electron chi connectivity index (χ4n) is 5.39. The first-order chi connectivity index (χ1) is 16.5. The first-order valence-corrected chi connectivity index (χ1v) is 12.0. The fourth-order valence-corrected chi connectivity index (χ4v) is 5.39. The average molecular weight is 462 g/mol. The molecule has 4 heterocycles. The monoisotopic (exact) mass is 461 g/mol. The number of carbonyl (C=O) groups excluding carboxylic acids is 1. The second kappa shape index (κ2) is 9.06. The number of nitrogens with zero attached hydrogens (tertiary/aromatic N) is 8. The van der Waals surface area contributed by atoms with Crippen LogP contribution in [-0.2, 0) is 5.54 Å². The third-order valence-corrected chi connectivity index (χ3v) is 7.32. The third kappa shape index (κ3) is 3.90. The number of piperazine rings is 1. The number of nitrogens with one attached hydrogen (secondary N) is 1. The molecule has 2 amide bonds. The largest absolute Gasteiger partial charge is 0.346 e. The third-order valence-electron chi connectivity index (χ3n) is 7.32. The van der Waals surface area contributed by atoms with Gasteiger partial charge >= 0.3 is 6.03 Å². The summed E-state index contributed by atoms with van der Waals surface area (Å²) in [6, 6.07) is 4.88. The maximum atomic E-state index is 12.6. The van der Waals surface area contributed by atoms with Gasteiger partial charge in [0, 0.05) is 69.2 Å². The van der Waals surface area contributed by atoms with Crippen LogP contribution < -0.4 is 0 Å². The minimum atomic E-state index is -0.295. The van der Waals surface area contributed by atoms with Crippen LogP contribution in [-0.4, -0.2) is 91.3 Å². The maximum absolute atomic E-state index is 12.6. The summed E-state index contributed by atoms with van der Waals surface area (Å²) in [4.78, 5) is 30.7. The zero-order chi connectivity index (χ0) is 23.7. The van der Waals surface area contributed by atoms with E-state index in [1.54, 1.807) is 6.33 Å². The van der Waals surface area contributed by atoms with Gasteiger partial charge in [-0.2, -0.15) is 10.4 Å². The Morgan fingerprint density at radius 3 is 2.82 bits per heavy atom. The minimum Gasteiger partial charge on any atom is -0.346 e. The average Bonchev–Trinajstić information content (AvgIpc) is 3.51. The summed E-state index contributed by atoms with van der Waals surface area (Å²) in [6.07, 6.45) is 10.4. The summed E-state index contributed by atoms with van der Waals surface area (Å²) >= 11 is 0. The molecule has 3 aromatic rings. The van der Waals surface area contributed by atoms with Gasteiger partial charge in [0.15, 0.2) is 0 Å². The molecule has 5 rings (SSSR count). The lowest BCUT2D eigenvalue weighted by atomic mass is 9.70. The summed E-state index contributed by atoms with van der Waals surface area (Å²) in [5.41, 5.74) is 2.27. The molecule has 1 N–H and O–H groups in total. The maximum Gasteiger partial charge on any atom is 0.319 e. The smallest absolute Gasteiger partial charge is 0.319 e. The van der Waals surface area contributed by atoms with Crippen molar-refractivity contribution in [1.29, 1.82) is 5.26 Å². The Morgan fingerprint density at radius 1 is 1.29 bits per heavy atom. The molecule has 1 saturated carbocycles. The van der Waals surface area contributed by atoms with E-state index in [1.165, 1.54) is 0 Å². The highest BCUT2D eigenvalue weighted by atomic mass is 16.2. The van der Waals surface area contributed by atoms with Gasteiger partial charge in [-0.1, -0.05) is 6.92 Å². The highest BCUT2D eigenvalue weighted by Crippen LogP contribution is 2.45. The summed E-state index contributed by atoms with van der Waals surface area (Å²) in [5, 5.41) is 15.2. The van der Waals surface area contributed by atoms with Crippen LogP contribution in [0.15, 0.2) is 31.0 Å². The molecule has 0 spiro atoms. The van der Waals surface area contributed by atoms with Crippen molar-refractivity contribution in [2.75, 3.05) is 39.8 Å². The molecular weight excluding hydrogens is 430 g/mol. The van der Waals surface area contributed by atoms with Crippen molar-refractivity contribution in [3.8, 4) is 17.3 Å². The second-order valence-corrected chi connectivity index (χ2v) is 9.48. The van der Waals surface area contributed by atoms with Gasteiger partial charge in [0.25, 0.3) is 0 Å².